The van der Waals surface area contributed by atoms with Crippen molar-refractivity contribution in [3.05, 3.63) is 52.0 Å². The number of carbonyl (C=O) groups excluding carboxylic acids is 2. The van der Waals surface area contributed by atoms with Gasteiger partial charge in [-0.3, -0.25) is 4.90 Å². The van der Waals surface area contributed by atoms with Crippen LogP contribution in [-0.2, 0) is 43.9 Å². The molecule has 1 aromatic carbocycles. The van der Waals surface area contributed by atoms with E-state index in [1.54, 1.807) is 12.1 Å². The number of cyclic esters (lactones) is 2. The minimum atomic E-state index is -1.31. The number of rotatable bonds is 8. The Hall–Kier alpha value is -3.05. The fourth-order valence-electron chi connectivity index (χ4n) is 5.30. The second-order valence-corrected chi connectivity index (χ2v) is 9.02. The smallest absolute Gasteiger partial charge is 0.396 e. The molecule has 0 radical (unpaired) electrons. The third-order valence-corrected chi connectivity index (χ3v) is 6.96. The van der Waals surface area contributed by atoms with Crippen LogP contribution in [0.4, 0.5) is 4.39 Å². The second-order valence-electron chi connectivity index (χ2n) is 9.02. The molecule has 3 aliphatic heterocycles. The van der Waals surface area contributed by atoms with Gasteiger partial charge in [-0.05, 0) is 44.7 Å². The Balaban J connectivity index is 1.16. The van der Waals surface area contributed by atoms with E-state index in [2.05, 4.69) is 9.88 Å². The van der Waals surface area contributed by atoms with Crippen LogP contribution in [0.25, 0.3) is 0 Å². The first-order chi connectivity index (χ1) is 16.4. The molecule has 2 unspecified atom stereocenters. The highest BCUT2D eigenvalue weighted by molar-refractivity contribution is 6.30. The maximum atomic E-state index is 13.9. The second kappa shape index (κ2) is 9.30. The number of esters is 2. The van der Waals surface area contributed by atoms with Crippen molar-refractivity contribution in [1.29, 1.82) is 0 Å². The summed E-state index contributed by atoms with van der Waals surface area (Å²) >= 11 is 0. The van der Waals surface area contributed by atoms with Gasteiger partial charge in [0.25, 0.3) is 0 Å². The molecular weight excluding hydrogens is 447 g/mol. The van der Waals surface area contributed by atoms with E-state index in [0.717, 1.165) is 38.6 Å². The summed E-state index contributed by atoms with van der Waals surface area (Å²) in [6.07, 6.45) is 4.03. The predicted molar refractivity (Wildman–Crippen MR) is 115 cm³/mol. The summed E-state index contributed by atoms with van der Waals surface area (Å²) in [7, 11) is 1.48. The van der Waals surface area contributed by atoms with Crippen LogP contribution >= 0.6 is 0 Å². The average molecular weight is 474 g/mol. The number of ether oxygens (including phenoxy) is 3. The summed E-state index contributed by atoms with van der Waals surface area (Å²) < 4.78 is 32.2. The number of hydrogen-bond donors (Lipinski definition) is 0. The van der Waals surface area contributed by atoms with E-state index in [-0.39, 0.29) is 18.5 Å². The number of piperidine rings is 1. The molecule has 0 amide bonds. The molecule has 3 aliphatic rings. The molecule has 0 aliphatic carbocycles. The van der Waals surface area contributed by atoms with Gasteiger partial charge in [0.1, 0.15) is 11.6 Å². The molecule has 0 spiro atoms. The van der Waals surface area contributed by atoms with E-state index >= 15 is 0 Å². The van der Waals surface area contributed by atoms with Crippen LogP contribution in [-0.4, -0.2) is 55.9 Å². The van der Waals surface area contributed by atoms with Crippen molar-refractivity contribution in [2.75, 3.05) is 6.54 Å². The summed E-state index contributed by atoms with van der Waals surface area (Å²) in [4.78, 5) is 41.4. The normalized spacial score (nSPS) is 25.1. The predicted octanol–water partition coefficient (Wildman–Crippen LogP) is 1.42. The zero-order valence-electron chi connectivity index (χ0n) is 18.9. The maximum Gasteiger partial charge on any atom is 0.422 e. The van der Waals surface area contributed by atoms with Crippen LogP contribution in [0.1, 0.15) is 49.9 Å². The van der Waals surface area contributed by atoms with Gasteiger partial charge in [-0.15, -0.1) is 0 Å². The number of fused-ring (bicyclic) bond motifs is 2. The van der Waals surface area contributed by atoms with Crippen molar-refractivity contribution >= 4 is 11.9 Å². The monoisotopic (exact) mass is 474 g/mol. The Labute approximate surface area is 195 Å². The fraction of sp³-hybridized carbons (Fsp3) is 0.565. The lowest BCUT2D eigenvalue weighted by Crippen LogP contribution is -2.45. The molecule has 2 atom stereocenters. The summed E-state index contributed by atoms with van der Waals surface area (Å²) in [5.41, 5.74) is 0.0687. The molecule has 10 nitrogen and oxygen atoms in total. The van der Waals surface area contributed by atoms with E-state index in [9.17, 15) is 18.8 Å². The van der Waals surface area contributed by atoms with Crippen LogP contribution in [0.2, 0.25) is 0 Å². The quantitative estimate of drug-likeness (QED) is 0.418. The van der Waals surface area contributed by atoms with E-state index in [1.807, 2.05) is 6.07 Å². The number of nitrogens with zero attached hydrogens (tertiary/aromatic N) is 4. The van der Waals surface area contributed by atoms with Crippen LogP contribution in [0.15, 0.2) is 29.1 Å². The lowest BCUT2D eigenvalue weighted by molar-refractivity contribution is -0.159. The van der Waals surface area contributed by atoms with Gasteiger partial charge in [0.05, 0.1) is 12.7 Å². The number of aryl methyl sites for hydroxylation is 1. The van der Waals surface area contributed by atoms with Gasteiger partial charge >= 0.3 is 24.0 Å². The molecular formula is C23H27FN4O6. The Bertz CT molecular complexity index is 1120. The number of halogens is 1. The molecule has 5 rings (SSSR count). The van der Waals surface area contributed by atoms with Gasteiger partial charge in [-0.1, -0.05) is 18.2 Å². The minimum absolute atomic E-state index is 0.112. The lowest BCUT2D eigenvalue weighted by atomic mass is 9.99. The SMILES string of the molecule is Cn1c(=O)nc(CCCN2C3CCC2CC(OCc2ccccc2F)C3)n1C1OC(=O)C(=O)O1. The van der Waals surface area contributed by atoms with Crippen LogP contribution < -0.4 is 5.69 Å². The molecule has 1 aromatic heterocycles. The van der Waals surface area contributed by atoms with E-state index in [4.69, 9.17) is 14.2 Å². The Morgan fingerprint density at radius 1 is 1.09 bits per heavy atom. The van der Waals surface area contributed by atoms with Crippen molar-refractivity contribution < 1.29 is 28.2 Å². The van der Waals surface area contributed by atoms with Gasteiger partial charge in [0, 0.05) is 31.1 Å². The molecule has 2 aromatic rings. The zero-order valence-corrected chi connectivity index (χ0v) is 18.9. The minimum Gasteiger partial charge on any atom is -0.396 e. The molecule has 182 valence electrons. The van der Waals surface area contributed by atoms with E-state index in [0.29, 0.717) is 29.9 Å². The average Bonchev–Trinajstić information content (AvgIpc) is 3.37. The van der Waals surface area contributed by atoms with Gasteiger partial charge in [0.2, 0.25) is 0 Å². The Morgan fingerprint density at radius 3 is 2.44 bits per heavy atom. The van der Waals surface area contributed by atoms with Gasteiger partial charge < -0.3 is 14.2 Å². The zero-order chi connectivity index (χ0) is 23.8. The molecule has 34 heavy (non-hydrogen) atoms. The molecule has 2 bridgehead atoms. The first-order valence-corrected chi connectivity index (χ1v) is 11.6. The van der Waals surface area contributed by atoms with Crippen LogP contribution in [0, 0.1) is 5.82 Å². The van der Waals surface area contributed by atoms with Gasteiger partial charge in [-0.2, -0.15) is 9.67 Å². The van der Waals surface area contributed by atoms with Crippen molar-refractivity contribution in [3.63, 3.8) is 0 Å². The summed E-state index contributed by atoms with van der Waals surface area (Å²) in [6.45, 7) is 1.11. The summed E-state index contributed by atoms with van der Waals surface area (Å²) in [5.74, 6) is -2.02. The summed E-state index contributed by atoms with van der Waals surface area (Å²) in [6, 6.07) is 7.51. The number of hydrogen-bond acceptors (Lipinski definition) is 8. The molecule has 0 saturated carbocycles. The standard InChI is InChI=1S/C23H27FN4O6/c1-26-22(31)25-19(28(26)23-33-20(29)21(30)34-23)7-4-10-27-15-8-9-16(27)12-17(11-15)32-13-14-5-2-3-6-18(14)24/h2-3,5-6,15-17,23H,4,7-13H2,1H3. The van der Waals surface area contributed by atoms with Crippen LogP contribution in [0.5, 0.6) is 0 Å². The molecule has 0 N–H and O–H groups in total. The first-order valence-electron chi connectivity index (χ1n) is 11.6. The van der Waals surface area contributed by atoms with Crippen molar-refractivity contribution in [2.45, 2.75) is 69.7 Å². The number of benzene rings is 1. The lowest BCUT2D eigenvalue weighted by Gasteiger charge is -2.38. The first kappa shape index (κ1) is 22.7. The van der Waals surface area contributed by atoms with Gasteiger partial charge in [-0.25, -0.2) is 23.5 Å². The number of carbonyl (C=O) groups is 2. The largest absolute Gasteiger partial charge is 0.422 e. The van der Waals surface area contributed by atoms with Crippen molar-refractivity contribution in [1.82, 2.24) is 19.2 Å². The third kappa shape index (κ3) is 4.37. The van der Waals surface area contributed by atoms with Crippen molar-refractivity contribution in [2.24, 2.45) is 7.05 Å². The van der Waals surface area contributed by atoms with Crippen molar-refractivity contribution in [3.8, 4) is 0 Å². The fourth-order valence-corrected chi connectivity index (χ4v) is 5.30. The van der Waals surface area contributed by atoms with Gasteiger partial charge in [0.15, 0.2) is 0 Å². The molecule has 4 heterocycles. The molecule has 3 saturated heterocycles. The Morgan fingerprint density at radius 2 is 1.76 bits per heavy atom. The number of aromatic nitrogens is 3. The molecule has 3 fully saturated rings. The Kier molecular flexibility index (Phi) is 6.22. The maximum absolute atomic E-state index is 13.9. The molecule has 11 heteroatoms. The highest BCUT2D eigenvalue weighted by Gasteiger charge is 2.41. The highest BCUT2D eigenvalue weighted by atomic mass is 19.1. The van der Waals surface area contributed by atoms with E-state index in [1.165, 1.54) is 22.5 Å². The van der Waals surface area contributed by atoms with E-state index < -0.39 is 24.0 Å². The van der Waals surface area contributed by atoms with Crippen LogP contribution in [0.3, 0.4) is 0 Å². The summed E-state index contributed by atoms with van der Waals surface area (Å²) in [5, 5.41) is 0. The topological polar surface area (TPSA) is 105 Å². The highest BCUT2D eigenvalue weighted by Crippen LogP contribution is 2.37. The third-order valence-electron chi connectivity index (χ3n) is 6.96.